The molecule has 0 spiro atoms. The normalized spacial score (nSPS) is 11.1. The highest BCUT2D eigenvalue weighted by molar-refractivity contribution is 7.20. The van der Waals surface area contributed by atoms with Gasteiger partial charge >= 0.3 is 0 Å². The van der Waals surface area contributed by atoms with E-state index in [-0.39, 0.29) is 5.84 Å². The number of aromatic nitrogens is 2. The number of thiophene rings is 1. The molecule has 2 aromatic carbocycles. The van der Waals surface area contributed by atoms with Crippen molar-refractivity contribution in [3.8, 4) is 5.75 Å². The molecular formula is C16H12N4OS2. The zero-order valence-electron chi connectivity index (χ0n) is 11.9. The Labute approximate surface area is 140 Å². The molecule has 4 aromatic rings. The van der Waals surface area contributed by atoms with Crippen LogP contribution in [0.2, 0.25) is 0 Å². The van der Waals surface area contributed by atoms with E-state index in [1.165, 1.54) is 23.1 Å². The fourth-order valence-electron chi connectivity index (χ4n) is 2.32. The lowest BCUT2D eigenvalue weighted by molar-refractivity contribution is 0.307. The number of benzene rings is 2. The Morgan fingerprint density at radius 1 is 1.09 bits per heavy atom. The van der Waals surface area contributed by atoms with Gasteiger partial charge < -0.3 is 10.5 Å². The number of nitrogen functional groups attached to an aromatic ring is 1. The molecule has 0 atom stereocenters. The summed E-state index contributed by atoms with van der Waals surface area (Å²) < 4.78 is 15.4. The van der Waals surface area contributed by atoms with Gasteiger partial charge in [-0.05, 0) is 47.3 Å². The Balaban J connectivity index is 1.55. The molecule has 0 aliphatic rings. The lowest BCUT2D eigenvalue weighted by Crippen LogP contribution is -2.08. The number of amidine groups is 1. The predicted octanol–water partition coefficient (Wildman–Crippen LogP) is 3.77. The van der Waals surface area contributed by atoms with Crippen LogP contribution in [-0.2, 0) is 6.61 Å². The van der Waals surface area contributed by atoms with Gasteiger partial charge in [0, 0.05) is 4.70 Å². The Morgan fingerprint density at radius 2 is 1.96 bits per heavy atom. The van der Waals surface area contributed by atoms with Crippen molar-refractivity contribution in [3.63, 3.8) is 0 Å². The Morgan fingerprint density at radius 3 is 2.83 bits per heavy atom. The lowest BCUT2D eigenvalue weighted by atomic mass is 10.2. The topological polar surface area (TPSA) is 84.9 Å². The van der Waals surface area contributed by atoms with Gasteiger partial charge in [-0.3, -0.25) is 5.41 Å². The second-order valence-electron chi connectivity index (χ2n) is 5.10. The summed E-state index contributed by atoms with van der Waals surface area (Å²) in [4.78, 5) is 0.777. The first-order valence-electron chi connectivity index (χ1n) is 6.91. The minimum Gasteiger partial charge on any atom is -0.489 e. The molecule has 0 radical (unpaired) electrons. The molecule has 2 aromatic heterocycles. The van der Waals surface area contributed by atoms with E-state index >= 15 is 0 Å². The number of fused-ring (bicyclic) bond motifs is 2. The van der Waals surface area contributed by atoms with Crippen LogP contribution in [0.15, 0.2) is 42.5 Å². The van der Waals surface area contributed by atoms with Gasteiger partial charge in [0.05, 0.1) is 16.6 Å². The molecule has 0 amide bonds. The van der Waals surface area contributed by atoms with Crippen LogP contribution < -0.4 is 10.5 Å². The molecule has 0 saturated heterocycles. The molecule has 0 bridgehead atoms. The molecule has 0 aliphatic heterocycles. The predicted molar refractivity (Wildman–Crippen MR) is 94.6 cm³/mol. The summed E-state index contributed by atoms with van der Waals surface area (Å²) in [5.74, 6) is 0.893. The van der Waals surface area contributed by atoms with Gasteiger partial charge in [-0.25, -0.2) is 0 Å². The van der Waals surface area contributed by atoms with Crippen molar-refractivity contribution in [1.82, 2.24) is 8.75 Å². The fourth-order valence-corrected chi connectivity index (χ4v) is 3.79. The summed E-state index contributed by atoms with van der Waals surface area (Å²) in [5, 5.41) is 8.59. The lowest BCUT2D eigenvalue weighted by Gasteiger charge is -2.06. The van der Waals surface area contributed by atoms with E-state index in [2.05, 4.69) is 8.75 Å². The molecule has 4 rings (SSSR count). The molecule has 0 fully saturated rings. The highest BCUT2D eigenvalue weighted by Crippen LogP contribution is 2.29. The minimum atomic E-state index is 0.0962. The molecule has 5 nitrogen and oxygen atoms in total. The van der Waals surface area contributed by atoms with Crippen LogP contribution in [0.3, 0.4) is 0 Å². The smallest absolute Gasteiger partial charge is 0.133 e. The zero-order chi connectivity index (χ0) is 15.8. The molecule has 23 heavy (non-hydrogen) atoms. The third-order valence-electron chi connectivity index (χ3n) is 3.48. The van der Waals surface area contributed by atoms with Crippen LogP contribution in [0.25, 0.3) is 21.1 Å². The maximum absolute atomic E-state index is 7.51. The van der Waals surface area contributed by atoms with Crippen LogP contribution >= 0.6 is 23.1 Å². The second kappa shape index (κ2) is 5.60. The summed E-state index contributed by atoms with van der Waals surface area (Å²) in [7, 11) is 0. The average Bonchev–Trinajstić information content (AvgIpc) is 3.18. The highest BCUT2D eigenvalue weighted by Gasteiger charge is 2.06. The number of hydrogen-bond acceptors (Lipinski definition) is 6. The van der Waals surface area contributed by atoms with Crippen molar-refractivity contribution in [2.75, 3.05) is 0 Å². The van der Waals surface area contributed by atoms with Crippen molar-refractivity contribution < 1.29 is 4.74 Å². The van der Waals surface area contributed by atoms with Crippen molar-refractivity contribution in [2.45, 2.75) is 6.61 Å². The van der Waals surface area contributed by atoms with Crippen molar-refractivity contribution in [1.29, 1.82) is 5.41 Å². The first-order chi connectivity index (χ1) is 11.2. The van der Waals surface area contributed by atoms with Gasteiger partial charge in [0.1, 0.15) is 29.2 Å². The van der Waals surface area contributed by atoms with Crippen LogP contribution in [0.5, 0.6) is 5.75 Å². The van der Waals surface area contributed by atoms with Crippen molar-refractivity contribution in [2.24, 2.45) is 5.73 Å². The van der Waals surface area contributed by atoms with E-state index in [0.717, 1.165) is 37.3 Å². The molecular weight excluding hydrogens is 328 g/mol. The summed E-state index contributed by atoms with van der Waals surface area (Å²) in [6.07, 6.45) is 0. The number of nitrogens with one attached hydrogen (secondary N) is 1. The van der Waals surface area contributed by atoms with E-state index in [1.807, 2.05) is 42.5 Å². The molecule has 0 unspecified atom stereocenters. The quantitative estimate of drug-likeness (QED) is 0.437. The van der Waals surface area contributed by atoms with Gasteiger partial charge in [-0.2, -0.15) is 8.75 Å². The third kappa shape index (κ3) is 2.76. The second-order valence-corrected chi connectivity index (χ2v) is 6.71. The van der Waals surface area contributed by atoms with Crippen LogP contribution in [0.4, 0.5) is 0 Å². The van der Waals surface area contributed by atoms with Gasteiger partial charge in [-0.15, -0.1) is 11.3 Å². The number of nitrogens with two attached hydrogens (primary N) is 1. The van der Waals surface area contributed by atoms with Gasteiger partial charge in [0.25, 0.3) is 0 Å². The Bertz CT molecular complexity index is 1020. The standard InChI is InChI=1S/C16H12N4OS2/c17-16(18)15-6-10-2-3-11(7-14(10)22-15)21-8-9-1-4-12-13(5-9)20-23-19-12/h1-7H,8H2,(H3,17,18). The molecule has 7 heteroatoms. The third-order valence-corrected chi connectivity index (χ3v) is 5.17. The largest absolute Gasteiger partial charge is 0.489 e. The summed E-state index contributed by atoms with van der Waals surface area (Å²) >= 11 is 2.71. The van der Waals surface area contributed by atoms with E-state index < -0.39 is 0 Å². The molecule has 3 N–H and O–H groups in total. The minimum absolute atomic E-state index is 0.0962. The first-order valence-corrected chi connectivity index (χ1v) is 8.46. The fraction of sp³-hybridized carbons (Fsp3) is 0.0625. The molecule has 0 saturated carbocycles. The van der Waals surface area contributed by atoms with Crippen molar-refractivity contribution in [3.05, 3.63) is 52.9 Å². The van der Waals surface area contributed by atoms with E-state index in [4.69, 9.17) is 15.9 Å². The van der Waals surface area contributed by atoms with Gasteiger partial charge in [0.15, 0.2) is 0 Å². The Kier molecular flexibility index (Phi) is 3.44. The van der Waals surface area contributed by atoms with E-state index in [9.17, 15) is 0 Å². The average molecular weight is 340 g/mol. The summed E-state index contributed by atoms with van der Waals surface area (Å²) in [6.45, 7) is 0.476. The monoisotopic (exact) mass is 340 g/mol. The Hall–Kier alpha value is -2.51. The summed E-state index contributed by atoms with van der Waals surface area (Å²) in [5.41, 5.74) is 8.41. The summed E-state index contributed by atoms with van der Waals surface area (Å²) in [6, 6.07) is 13.8. The number of nitrogens with zero attached hydrogens (tertiary/aromatic N) is 2. The molecule has 114 valence electrons. The molecule has 2 heterocycles. The van der Waals surface area contributed by atoms with E-state index in [1.54, 1.807) is 0 Å². The number of rotatable bonds is 4. The molecule has 0 aliphatic carbocycles. The number of hydrogen-bond donors (Lipinski definition) is 2. The van der Waals surface area contributed by atoms with Crippen LogP contribution in [0, 0.1) is 5.41 Å². The van der Waals surface area contributed by atoms with Gasteiger partial charge in [-0.1, -0.05) is 6.07 Å². The zero-order valence-corrected chi connectivity index (χ0v) is 13.6. The van der Waals surface area contributed by atoms with Gasteiger partial charge in [0.2, 0.25) is 0 Å². The highest BCUT2D eigenvalue weighted by atomic mass is 32.1. The van der Waals surface area contributed by atoms with Crippen molar-refractivity contribution >= 4 is 50.0 Å². The maximum atomic E-state index is 7.51. The maximum Gasteiger partial charge on any atom is 0.133 e. The number of ether oxygens (including phenoxy) is 1. The first kappa shape index (κ1) is 14.1. The van der Waals surface area contributed by atoms with Crippen LogP contribution in [0.1, 0.15) is 10.4 Å². The SMILES string of the molecule is N=C(N)c1cc2ccc(OCc3ccc4nsnc4c3)cc2s1. The van der Waals surface area contributed by atoms with E-state index in [0.29, 0.717) is 6.61 Å². The van der Waals surface area contributed by atoms with Crippen LogP contribution in [-0.4, -0.2) is 14.6 Å².